The van der Waals surface area contributed by atoms with E-state index >= 15 is 0 Å². The van der Waals surface area contributed by atoms with Crippen molar-refractivity contribution in [1.82, 2.24) is 14.6 Å². The lowest BCUT2D eigenvalue weighted by Crippen LogP contribution is -2.52. The van der Waals surface area contributed by atoms with E-state index in [0.29, 0.717) is 25.3 Å². The Hall–Kier alpha value is -0.700. The molecule has 2 N–H and O–H groups in total. The molecule has 1 saturated heterocycles. The van der Waals surface area contributed by atoms with Crippen LogP contribution in [0.4, 0.5) is 0 Å². The summed E-state index contributed by atoms with van der Waals surface area (Å²) in [4.78, 5) is 13.4. The van der Waals surface area contributed by atoms with Crippen molar-refractivity contribution in [2.75, 3.05) is 19.6 Å². The van der Waals surface area contributed by atoms with Crippen LogP contribution in [0.1, 0.15) is 12.6 Å². The van der Waals surface area contributed by atoms with Gasteiger partial charge in [-0.3, -0.25) is 4.79 Å². The highest BCUT2D eigenvalue weighted by molar-refractivity contribution is 7.91. The molecule has 1 fully saturated rings. The number of nitrogens with zero attached hydrogens (tertiary/aromatic N) is 1. The molecule has 0 saturated carbocycles. The van der Waals surface area contributed by atoms with E-state index in [2.05, 4.69) is 10.3 Å². The van der Waals surface area contributed by atoms with Gasteiger partial charge in [0.25, 0.3) is 10.0 Å². The first-order valence-corrected chi connectivity index (χ1v) is 7.61. The Balaban J connectivity index is 2.42. The summed E-state index contributed by atoms with van der Waals surface area (Å²) in [7, 11) is -3.54. The first-order valence-electron chi connectivity index (χ1n) is 5.35. The number of rotatable bonds is 2. The van der Waals surface area contributed by atoms with Crippen LogP contribution >= 0.6 is 11.3 Å². The second-order valence-corrected chi connectivity index (χ2v) is 7.16. The van der Waals surface area contributed by atoms with Crippen molar-refractivity contribution in [2.24, 2.45) is 0 Å². The lowest BCUT2D eigenvalue weighted by Gasteiger charge is -2.32. The predicted octanol–water partition coefficient (Wildman–Crippen LogP) is -0.273. The van der Waals surface area contributed by atoms with Gasteiger partial charge in [-0.05, 0) is 13.8 Å². The Labute approximate surface area is 104 Å². The van der Waals surface area contributed by atoms with Crippen molar-refractivity contribution in [3.8, 4) is 0 Å². The van der Waals surface area contributed by atoms with E-state index < -0.39 is 10.0 Å². The molecule has 6 nitrogen and oxygen atoms in total. The highest BCUT2D eigenvalue weighted by Gasteiger charge is 2.33. The predicted molar refractivity (Wildman–Crippen MR) is 65.9 cm³/mol. The highest BCUT2D eigenvalue weighted by atomic mass is 32.2. The first kappa shape index (κ1) is 12.7. The van der Waals surface area contributed by atoms with Gasteiger partial charge in [-0.15, -0.1) is 0 Å². The first-order chi connectivity index (χ1) is 7.93. The zero-order valence-electron chi connectivity index (χ0n) is 9.69. The summed E-state index contributed by atoms with van der Waals surface area (Å²) in [6, 6.07) is -0.0923. The molecule has 0 radical (unpaired) electrons. The van der Waals surface area contributed by atoms with Gasteiger partial charge < -0.3 is 10.3 Å². The fourth-order valence-electron chi connectivity index (χ4n) is 1.92. The Morgan fingerprint density at radius 2 is 2.18 bits per heavy atom. The van der Waals surface area contributed by atoms with Crippen LogP contribution in [0.2, 0.25) is 0 Å². The quantitative estimate of drug-likeness (QED) is 0.779. The zero-order chi connectivity index (χ0) is 12.6. The maximum atomic E-state index is 12.4. The summed E-state index contributed by atoms with van der Waals surface area (Å²) in [5.41, 5.74) is 0.422. The van der Waals surface area contributed by atoms with Crippen LogP contribution in [-0.4, -0.2) is 43.4 Å². The molecule has 8 heteroatoms. The molecule has 2 heterocycles. The molecule has 0 aliphatic carbocycles. The van der Waals surface area contributed by atoms with Crippen LogP contribution in [-0.2, 0) is 10.0 Å². The zero-order valence-corrected chi connectivity index (χ0v) is 11.3. The van der Waals surface area contributed by atoms with E-state index in [0.717, 1.165) is 11.3 Å². The molecule has 1 aliphatic rings. The van der Waals surface area contributed by atoms with E-state index in [4.69, 9.17) is 0 Å². The van der Waals surface area contributed by atoms with Gasteiger partial charge in [-0.2, -0.15) is 4.31 Å². The van der Waals surface area contributed by atoms with Crippen molar-refractivity contribution in [3.05, 3.63) is 15.4 Å². The number of hydrogen-bond acceptors (Lipinski definition) is 5. The van der Waals surface area contributed by atoms with Crippen LogP contribution in [0.3, 0.4) is 0 Å². The van der Waals surface area contributed by atoms with Gasteiger partial charge in [-0.25, -0.2) is 8.42 Å². The van der Waals surface area contributed by atoms with Gasteiger partial charge in [0.15, 0.2) is 4.21 Å². The van der Waals surface area contributed by atoms with Gasteiger partial charge in [0.1, 0.15) is 0 Å². The van der Waals surface area contributed by atoms with E-state index in [1.807, 2.05) is 6.92 Å². The topological polar surface area (TPSA) is 82.3 Å². The molecule has 0 aromatic carbocycles. The standard InChI is InChI=1S/C9H15N3O3S2/c1-6-5-10-3-4-12(6)17(14,15)8-7(2)11-9(13)16-8/h6,10H,3-5H2,1-2H3,(H,11,13)/t6-/m1/s1. The van der Waals surface area contributed by atoms with Gasteiger partial charge in [0.05, 0.1) is 0 Å². The molecule has 0 amide bonds. The van der Waals surface area contributed by atoms with Crippen molar-refractivity contribution in [1.29, 1.82) is 0 Å². The second-order valence-electron chi connectivity index (χ2n) is 4.10. The van der Waals surface area contributed by atoms with Gasteiger partial charge in [-0.1, -0.05) is 11.3 Å². The molecule has 1 aliphatic heterocycles. The Morgan fingerprint density at radius 1 is 1.47 bits per heavy atom. The molecule has 1 aromatic heterocycles. The number of aromatic amines is 1. The average Bonchev–Trinajstić information content (AvgIpc) is 2.59. The number of H-pyrrole nitrogens is 1. The third kappa shape index (κ3) is 2.30. The third-order valence-electron chi connectivity index (χ3n) is 2.76. The largest absolute Gasteiger partial charge is 0.315 e. The molecular weight excluding hydrogens is 262 g/mol. The van der Waals surface area contributed by atoms with Crippen molar-refractivity contribution in [2.45, 2.75) is 24.1 Å². The second kappa shape index (κ2) is 4.52. The normalized spacial score (nSPS) is 22.8. The van der Waals surface area contributed by atoms with E-state index in [9.17, 15) is 13.2 Å². The summed E-state index contributed by atoms with van der Waals surface area (Å²) in [5.74, 6) is 0. The van der Waals surface area contributed by atoms with E-state index in [1.165, 1.54) is 4.31 Å². The molecule has 2 rings (SSSR count). The van der Waals surface area contributed by atoms with Crippen LogP contribution in [0.15, 0.2) is 9.00 Å². The number of aromatic nitrogens is 1. The number of piperazine rings is 1. The Bertz CT molecular complexity index is 560. The highest BCUT2D eigenvalue weighted by Crippen LogP contribution is 2.23. The van der Waals surface area contributed by atoms with Crippen molar-refractivity contribution < 1.29 is 8.42 Å². The number of thiazole rings is 1. The smallest absolute Gasteiger partial charge is 0.305 e. The molecule has 0 bridgehead atoms. The maximum Gasteiger partial charge on any atom is 0.305 e. The SMILES string of the molecule is Cc1[nH]c(=O)sc1S(=O)(=O)N1CCNC[C@H]1C. The summed E-state index contributed by atoms with van der Waals surface area (Å²) in [5, 5.41) is 3.14. The van der Waals surface area contributed by atoms with E-state index in [1.54, 1.807) is 6.92 Å². The van der Waals surface area contributed by atoms with Crippen molar-refractivity contribution >= 4 is 21.4 Å². The van der Waals surface area contributed by atoms with Crippen LogP contribution < -0.4 is 10.2 Å². The molecule has 96 valence electrons. The van der Waals surface area contributed by atoms with Crippen LogP contribution in [0.5, 0.6) is 0 Å². The van der Waals surface area contributed by atoms with Gasteiger partial charge in [0.2, 0.25) is 0 Å². The minimum absolute atomic E-state index is 0.0923. The third-order valence-corrected chi connectivity index (χ3v) is 6.36. The molecular formula is C9H15N3O3S2. The lowest BCUT2D eigenvalue weighted by atomic mass is 10.3. The lowest BCUT2D eigenvalue weighted by molar-refractivity contribution is 0.284. The monoisotopic (exact) mass is 277 g/mol. The molecule has 17 heavy (non-hydrogen) atoms. The summed E-state index contributed by atoms with van der Waals surface area (Å²) in [6.07, 6.45) is 0. The summed E-state index contributed by atoms with van der Waals surface area (Å²) >= 11 is 0.756. The number of hydrogen-bond donors (Lipinski definition) is 2. The van der Waals surface area contributed by atoms with Gasteiger partial charge >= 0.3 is 4.87 Å². The van der Waals surface area contributed by atoms with Crippen LogP contribution in [0.25, 0.3) is 0 Å². The van der Waals surface area contributed by atoms with Crippen LogP contribution in [0, 0.1) is 6.92 Å². The Kier molecular flexibility index (Phi) is 3.39. The fourth-order valence-corrected chi connectivity index (χ4v) is 4.97. The molecule has 0 unspecified atom stereocenters. The Morgan fingerprint density at radius 3 is 2.71 bits per heavy atom. The fraction of sp³-hybridized carbons (Fsp3) is 0.667. The molecule has 1 atom stereocenters. The summed E-state index contributed by atoms with van der Waals surface area (Å²) < 4.78 is 26.4. The average molecular weight is 277 g/mol. The molecule has 0 spiro atoms. The number of aryl methyl sites for hydroxylation is 1. The minimum atomic E-state index is -3.54. The number of sulfonamides is 1. The number of nitrogens with one attached hydrogen (secondary N) is 2. The maximum absolute atomic E-state index is 12.4. The van der Waals surface area contributed by atoms with E-state index in [-0.39, 0.29) is 15.1 Å². The molecule has 1 aromatic rings. The minimum Gasteiger partial charge on any atom is -0.315 e. The summed E-state index contributed by atoms with van der Waals surface area (Å²) in [6.45, 7) is 5.18. The van der Waals surface area contributed by atoms with Crippen molar-refractivity contribution in [3.63, 3.8) is 0 Å². The van der Waals surface area contributed by atoms with Gasteiger partial charge in [0, 0.05) is 31.4 Å².